The van der Waals surface area contributed by atoms with Gasteiger partial charge in [0.25, 0.3) is 0 Å². The lowest BCUT2D eigenvalue weighted by Crippen LogP contribution is -2.56. The fourth-order valence-corrected chi connectivity index (χ4v) is 6.58. The maximum atomic E-state index is 13.0. The number of nitrogens with one attached hydrogen (secondary N) is 2. The zero-order chi connectivity index (χ0) is 30.5. The van der Waals surface area contributed by atoms with Gasteiger partial charge < -0.3 is 29.9 Å². The molecule has 3 heterocycles. The number of hydrogen-bond acceptors (Lipinski definition) is 7. The van der Waals surface area contributed by atoms with Crippen LogP contribution >= 0.6 is 0 Å². The number of benzene rings is 3. The molecule has 9 heteroatoms. The van der Waals surface area contributed by atoms with Crippen LogP contribution in [0.15, 0.2) is 71.7 Å². The monoisotopic (exact) mass is 595 g/mol. The molecule has 0 saturated carbocycles. The van der Waals surface area contributed by atoms with E-state index in [4.69, 9.17) is 9.47 Å². The van der Waals surface area contributed by atoms with Crippen LogP contribution in [0.25, 0.3) is 0 Å². The first-order valence-corrected chi connectivity index (χ1v) is 15.7. The third kappa shape index (κ3) is 6.01. The topological polar surface area (TPSA) is 95.5 Å². The van der Waals surface area contributed by atoms with Gasteiger partial charge in [-0.2, -0.15) is 0 Å². The number of carbonyl (C=O) groups is 2. The summed E-state index contributed by atoms with van der Waals surface area (Å²) in [6.45, 7) is 8.32. The molecule has 44 heavy (non-hydrogen) atoms. The van der Waals surface area contributed by atoms with E-state index >= 15 is 0 Å². The van der Waals surface area contributed by atoms with E-state index in [1.54, 1.807) is 0 Å². The van der Waals surface area contributed by atoms with Crippen molar-refractivity contribution in [1.82, 2.24) is 10.2 Å². The fraction of sp³-hybridized carbons (Fsp3) is 0.400. The van der Waals surface area contributed by atoms with Crippen LogP contribution < -0.4 is 25.0 Å². The summed E-state index contributed by atoms with van der Waals surface area (Å²) in [7, 11) is 0. The van der Waals surface area contributed by atoms with Gasteiger partial charge in [0.05, 0.1) is 31.3 Å². The second kappa shape index (κ2) is 13.1. The molecule has 3 aromatic rings. The molecule has 2 fully saturated rings. The number of aryl methyl sites for hydroxylation is 1. The normalized spacial score (nSPS) is 17.9. The van der Waals surface area contributed by atoms with E-state index in [9.17, 15) is 9.59 Å². The molecule has 3 aliphatic rings. The van der Waals surface area contributed by atoms with E-state index in [1.165, 1.54) is 5.56 Å². The van der Waals surface area contributed by atoms with Crippen LogP contribution in [0.2, 0.25) is 0 Å². The summed E-state index contributed by atoms with van der Waals surface area (Å²) in [4.78, 5) is 34.8. The quantitative estimate of drug-likeness (QED) is 0.355. The lowest BCUT2D eigenvalue weighted by Gasteiger charge is -2.43. The first-order valence-electron chi connectivity index (χ1n) is 15.7. The molecule has 2 N–H and O–H groups in total. The fourth-order valence-electron chi connectivity index (χ4n) is 6.58. The van der Waals surface area contributed by atoms with Crippen molar-refractivity contribution in [3.8, 4) is 11.5 Å². The average molecular weight is 596 g/mol. The molecule has 230 valence electrons. The lowest BCUT2D eigenvalue weighted by atomic mass is 9.85. The van der Waals surface area contributed by atoms with E-state index in [0.717, 1.165) is 67.8 Å². The van der Waals surface area contributed by atoms with Crippen LogP contribution in [-0.2, 0) is 16.0 Å². The van der Waals surface area contributed by atoms with Crippen LogP contribution in [-0.4, -0.2) is 74.0 Å². The molecule has 1 spiro atoms. The summed E-state index contributed by atoms with van der Waals surface area (Å²) in [5.74, 6) is 1.24. The number of anilines is 2. The van der Waals surface area contributed by atoms with Crippen molar-refractivity contribution >= 4 is 28.9 Å². The van der Waals surface area contributed by atoms with Crippen molar-refractivity contribution < 1.29 is 19.1 Å². The summed E-state index contributed by atoms with van der Waals surface area (Å²) in [5.41, 5.74) is 5.13. The summed E-state index contributed by atoms with van der Waals surface area (Å²) >= 11 is 0. The molecule has 3 aromatic carbocycles. The summed E-state index contributed by atoms with van der Waals surface area (Å²) in [6, 6.07) is 22.5. The van der Waals surface area contributed by atoms with E-state index in [1.807, 2.05) is 44.2 Å². The Bertz CT molecular complexity index is 1510. The van der Waals surface area contributed by atoms with Crippen LogP contribution in [0.5, 0.6) is 11.5 Å². The van der Waals surface area contributed by atoms with Gasteiger partial charge in [0, 0.05) is 36.0 Å². The second-order valence-corrected chi connectivity index (χ2v) is 11.5. The predicted octanol–water partition coefficient (Wildman–Crippen LogP) is 4.63. The smallest absolute Gasteiger partial charge is 0.247 e. The molecule has 6 rings (SSSR count). The molecular weight excluding hydrogens is 554 g/mol. The minimum absolute atomic E-state index is 0.0571. The highest BCUT2D eigenvalue weighted by Crippen LogP contribution is 2.37. The number of benzodiazepines with no additional fused rings is 1. The number of piperidine rings is 1. The van der Waals surface area contributed by atoms with Gasteiger partial charge in [-0.25, -0.2) is 0 Å². The van der Waals surface area contributed by atoms with Crippen LogP contribution in [0, 0.1) is 0 Å². The number of amides is 2. The number of rotatable bonds is 10. The summed E-state index contributed by atoms with van der Waals surface area (Å²) in [6.07, 6.45) is 3.68. The zero-order valence-electron chi connectivity index (χ0n) is 25.6. The number of fused-ring (bicyclic) bond motifs is 1. The Morgan fingerprint density at radius 3 is 2.32 bits per heavy atom. The van der Waals surface area contributed by atoms with Crippen molar-refractivity contribution in [1.29, 1.82) is 0 Å². The third-order valence-electron chi connectivity index (χ3n) is 8.85. The van der Waals surface area contributed by atoms with E-state index in [0.29, 0.717) is 37.1 Å². The molecule has 0 unspecified atom stereocenters. The molecular formula is C35H41N5O4. The Balaban J connectivity index is 1.08. The second-order valence-electron chi connectivity index (χ2n) is 11.5. The Morgan fingerprint density at radius 2 is 1.61 bits per heavy atom. The van der Waals surface area contributed by atoms with Gasteiger partial charge in [-0.05, 0) is 69.8 Å². The van der Waals surface area contributed by atoms with Gasteiger partial charge in [-0.15, -0.1) is 0 Å². The number of nitrogens with zero attached hydrogens (tertiary/aromatic N) is 3. The molecule has 3 aliphatic heterocycles. The summed E-state index contributed by atoms with van der Waals surface area (Å²) < 4.78 is 11.6. The minimum atomic E-state index is -0.443. The number of hydrogen-bond donors (Lipinski definition) is 2. The third-order valence-corrected chi connectivity index (χ3v) is 8.85. The molecule has 0 aromatic heterocycles. The highest BCUT2D eigenvalue weighted by atomic mass is 16.5. The first-order chi connectivity index (χ1) is 21.5. The van der Waals surface area contributed by atoms with Crippen molar-refractivity contribution in [2.24, 2.45) is 4.99 Å². The Kier molecular flexibility index (Phi) is 8.84. The maximum absolute atomic E-state index is 13.0. The lowest BCUT2D eigenvalue weighted by molar-refractivity contribution is -0.125. The van der Waals surface area contributed by atoms with Crippen molar-refractivity contribution in [2.45, 2.75) is 45.1 Å². The molecule has 0 radical (unpaired) electrons. The highest BCUT2D eigenvalue weighted by Gasteiger charge is 2.50. The highest BCUT2D eigenvalue weighted by molar-refractivity contribution is 6.19. The maximum Gasteiger partial charge on any atom is 0.247 e. The zero-order valence-corrected chi connectivity index (χ0v) is 25.6. The van der Waals surface area contributed by atoms with Gasteiger partial charge in [0.2, 0.25) is 11.8 Å². The molecule has 0 atom stereocenters. The van der Waals surface area contributed by atoms with Gasteiger partial charge >= 0.3 is 0 Å². The molecule has 0 aliphatic carbocycles. The number of aliphatic imine (C=N–C) groups is 1. The van der Waals surface area contributed by atoms with Crippen molar-refractivity contribution in [3.05, 3.63) is 83.4 Å². The molecule has 2 amide bonds. The predicted molar refractivity (Wildman–Crippen MR) is 173 cm³/mol. The van der Waals surface area contributed by atoms with Crippen molar-refractivity contribution in [3.63, 3.8) is 0 Å². The Hall–Kier alpha value is -4.37. The van der Waals surface area contributed by atoms with E-state index in [-0.39, 0.29) is 18.4 Å². The molecule has 0 bridgehead atoms. The van der Waals surface area contributed by atoms with Gasteiger partial charge in [-0.3, -0.25) is 14.6 Å². The van der Waals surface area contributed by atoms with Crippen molar-refractivity contribution in [2.75, 3.05) is 56.3 Å². The largest absolute Gasteiger partial charge is 0.490 e. The van der Waals surface area contributed by atoms with Gasteiger partial charge in [0.15, 0.2) is 11.5 Å². The standard InChI is InChI=1S/C35H41N5O4/c1-3-43-30-21-28-29(22-31(30)44-4-2)38-32(41)23-36-33(28)26-14-12-25(13-15-26)9-8-18-39-19-16-35(17-20-39)34(42)37-24-40(35)27-10-6-5-7-11-27/h5-7,10-15,21-22H,3-4,8-9,16-20,23-24H2,1-2H3,(H,37,42)(H,38,41). The molecule has 2 saturated heterocycles. The number of carbonyl (C=O) groups excluding carboxylic acids is 2. The van der Waals surface area contributed by atoms with Crippen LogP contribution in [0.4, 0.5) is 11.4 Å². The average Bonchev–Trinajstić information content (AvgIpc) is 3.25. The Morgan fingerprint density at radius 1 is 0.909 bits per heavy atom. The number of ether oxygens (including phenoxy) is 2. The van der Waals surface area contributed by atoms with E-state index in [2.05, 4.69) is 61.8 Å². The molecule has 9 nitrogen and oxygen atoms in total. The Labute approximate surface area is 259 Å². The SMILES string of the molecule is CCOc1cc2c(cc1OCC)C(c1ccc(CCCN3CCC4(CC3)C(=O)NCN4c3ccccc3)cc1)=NCC(=O)N2. The van der Waals surface area contributed by atoms with Gasteiger partial charge in [-0.1, -0.05) is 42.5 Å². The number of likely N-dealkylation sites (tertiary alicyclic amines) is 1. The number of para-hydroxylation sites is 1. The first kappa shape index (κ1) is 29.7. The van der Waals surface area contributed by atoms with E-state index < -0.39 is 5.54 Å². The van der Waals surface area contributed by atoms with Gasteiger partial charge in [0.1, 0.15) is 12.1 Å². The summed E-state index contributed by atoms with van der Waals surface area (Å²) in [5, 5.41) is 6.06. The van der Waals surface area contributed by atoms with Crippen LogP contribution in [0.1, 0.15) is 49.8 Å². The van der Waals surface area contributed by atoms with Crippen LogP contribution in [0.3, 0.4) is 0 Å². The minimum Gasteiger partial charge on any atom is -0.490 e.